The van der Waals surface area contributed by atoms with Gasteiger partial charge in [0.05, 0.1) is 26.4 Å². The zero-order valence-electron chi connectivity index (χ0n) is 74.5. The molecule has 2 unspecified atom stereocenters. The Morgan fingerprint density at radius 3 is 0.602 bits per heavy atom. The summed E-state index contributed by atoms with van der Waals surface area (Å²) in [6.07, 6.45) is 83.5. The molecule has 0 aliphatic rings. The summed E-state index contributed by atoms with van der Waals surface area (Å²) in [5, 5.41) is 10.7. The number of esters is 4. The fourth-order valence-electron chi connectivity index (χ4n) is 14.9. The Bertz CT molecular complexity index is 2140. The molecule has 3 N–H and O–H groups in total. The number of phosphoric ester groups is 2. The van der Waals surface area contributed by atoms with Gasteiger partial charge in [0, 0.05) is 25.7 Å². The zero-order chi connectivity index (χ0) is 82.6. The summed E-state index contributed by atoms with van der Waals surface area (Å²) in [5.74, 6) is -1.27. The van der Waals surface area contributed by atoms with E-state index in [1.165, 1.54) is 340 Å². The van der Waals surface area contributed by atoms with E-state index in [-0.39, 0.29) is 25.7 Å². The third kappa shape index (κ3) is 87.7. The van der Waals surface area contributed by atoms with Gasteiger partial charge in [0.25, 0.3) is 0 Å². The van der Waals surface area contributed by atoms with E-state index in [1.54, 1.807) is 0 Å². The summed E-state index contributed by atoms with van der Waals surface area (Å²) in [6, 6.07) is 0. The lowest BCUT2D eigenvalue weighted by Crippen LogP contribution is -2.30. The van der Waals surface area contributed by atoms with Crippen LogP contribution in [0.1, 0.15) is 516 Å². The third-order valence-electron chi connectivity index (χ3n) is 22.3. The highest BCUT2D eigenvalue weighted by Crippen LogP contribution is 2.45. The Morgan fingerprint density at radius 1 is 0.239 bits per heavy atom. The molecular weight excluding hydrogens is 1460 g/mol. The van der Waals surface area contributed by atoms with Crippen LogP contribution in [0.4, 0.5) is 0 Å². The number of carbonyl (C=O) groups excluding carboxylic acids is 4. The summed E-state index contributed by atoms with van der Waals surface area (Å²) in [6.45, 7) is 7.45. The zero-order valence-corrected chi connectivity index (χ0v) is 76.3. The van der Waals surface area contributed by atoms with Gasteiger partial charge in [0.15, 0.2) is 12.2 Å². The van der Waals surface area contributed by atoms with Gasteiger partial charge in [-0.1, -0.05) is 465 Å². The van der Waals surface area contributed by atoms with Gasteiger partial charge in [-0.05, 0) is 31.6 Å². The van der Waals surface area contributed by atoms with Gasteiger partial charge in [-0.15, -0.1) is 0 Å². The number of aliphatic hydroxyl groups is 1. The normalized spacial score (nSPS) is 13.6. The number of hydrogen-bond acceptors (Lipinski definition) is 15. The second-order valence-corrected chi connectivity index (χ2v) is 37.1. The lowest BCUT2D eigenvalue weighted by atomic mass is 10.0. The van der Waals surface area contributed by atoms with E-state index in [0.717, 1.165) is 95.8 Å². The largest absolute Gasteiger partial charge is 0.472 e. The van der Waals surface area contributed by atoms with Crippen molar-refractivity contribution in [2.75, 3.05) is 39.6 Å². The maximum Gasteiger partial charge on any atom is 0.472 e. The van der Waals surface area contributed by atoms with Gasteiger partial charge >= 0.3 is 39.5 Å². The fourth-order valence-corrected chi connectivity index (χ4v) is 16.5. The molecule has 19 heteroatoms. The van der Waals surface area contributed by atoms with E-state index in [1.807, 2.05) is 0 Å². The first-order valence-electron chi connectivity index (χ1n) is 48.6. The van der Waals surface area contributed by atoms with Crippen LogP contribution in [0, 0.1) is 5.92 Å². The third-order valence-corrected chi connectivity index (χ3v) is 24.2. The number of phosphoric acid groups is 2. The lowest BCUT2D eigenvalue weighted by molar-refractivity contribution is -0.161. The molecule has 0 heterocycles. The number of rotatable bonds is 94. The van der Waals surface area contributed by atoms with Crippen molar-refractivity contribution in [3.05, 3.63) is 0 Å². The van der Waals surface area contributed by atoms with Crippen LogP contribution >= 0.6 is 15.6 Å². The van der Waals surface area contributed by atoms with E-state index >= 15 is 0 Å². The van der Waals surface area contributed by atoms with Crippen LogP contribution in [0.3, 0.4) is 0 Å². The van der Waals surface area contributed by atoms with Crippen LogP contribution < -0.4 is 0 Å². The Morgan fingerprint density at radius 2 is 0.407 bits per heavy atom. The standard InChI is InChI=1S/C94H184O17P2/c1-6-9-12-15-18-21-24-27-29-31-33-34-36-40-44-48-53-58-63-68-73-78-92(97)105-84-90(111-94(99)80-75-70-65-60-55-50-46-42-38-37-39-43-47-51-56-61-66-71-76-87(4)5)86-109-113(102,103)107-82-88(95)81-106-112(100,101)108-85-89(83-104-91(96)77-72-67-62-57-52-26-23-20-17-14-11-8-3)110-93(98)79-74-69-64-59-54-49-45-41-35-32-30-28-25-22-19-16-13-10-7-2/h87-90,95H,6-86H2,1-5H3,(H,100,101)(H,102,103)/t88-,89+,90+/m0/s1. The Kier molecular flexibility index (Phi) is 85.0. The predicted octanol–water partition coefficient (Wildman–Crippen LogP) is 29.5. The van der Waals surface area contributed by atoms with Crippen LogP contribution in [0.2, 0.25) is 0 Å². The maximum atomic E-state index is 13.2. The number of hydrogen-bond donors (Lipinski definition) is 3. The number of carbonyl (C=O) groups is 4. The van der Waals surface area contributed by atoms with E-state index in [0.29, 0.717) is 25.7 Å². The van der Waals surface area contributed by atoms with Crippen molar-refractivity contribution in [1.82, 2.24) is 0 Å². The molecule has 0 aromatic heterocycles. The molecule has 0 aromatic rings. The molecular formula is C94H184O17P2. The first kappa shape index (κ1) is 111. The van der Waals surface area contributed by atoms with E-state index in [4.69, 9.17) is 37.0 Å². The molecule has 0 aliphatic heterocycles. The van der Waals surface area contributed by atoms with Crippen molar-refractivity contribution < 1.29 is 80.2 Å². The molecule has 0 rings (SSSR count). The fraction of sp³-hybridized carbons (Fsp3) is 0.957. The highest BCUT2D eigenvalue weighted by Gasteiger charge is 2.31. The van der Waals surface area contributed by atoms with Crippen LogP contribution in [0.25, 0.3) is 0 Å². The number of aliphatic hydroxyl groups excluding tert-OH is 1. The van der Waals surface area contributed by atoms with Gasteiger partial charge in [-0.25, -0.2) is 9.13 Å². The molecule has 672 valence electrons. The molecule has 0 saturated heterocycles. The van der Waals surface area contributed by atoms with Crippen LogP contribution in [-0.4, -0.2) is 96.7 Å². The van der Waals surface area contributed by atoms with Gasteiger partial charge < -0.3 is 33.8 Å². The highest BCUT2D eigenvalue weighted by molar-refractivity contribution is 7.47. The van der Waals surface area contributed by atoms with E-state index in [2.05, 4.69) is 34.6 Å². The summed E-state index contributed by atoms with van der Waals surface area (Å²) >= 11 is 0. The molecule has 0 amide bonds. The first-order valence-corrected chi connectivity index (χ1v) is 51.6. The summed E-state index contributed by atoms with van der Waals surface area (Å²) in [5.41, 5.74) is 0. The van der Waals surface area contributed by atoms with Gasteiger partial charge in [0.2, 0.25) is 0 Å². The van der Waals surface area contributed by atoms with Crippen LogP contribution in [0.15, 0.2) is 0 Å². The van der Waals surface area contributed by atoms with E-state index < -0.39 is 97.5 Å². The van der Waals surface area contributed by atoms with Gasteiger partial charge in [-0.2, -0.15) is 0 Å². The molecule has 0 radical (unpaired) electrons. The van der Waals surface area contributed by atoms with Crippen molar-refractivity contribution in [1.29, 1.82) is 0 Å². The summed E-state index contributed by atoms with van der Waals surface area (Å²) < 4.78 is 69.2. The Balaban J connectivity index is 5.24. The molecule has 5 atom stereocenters. The smallest absolute Gasteiger partial charge is 0.462 e. The molecule has 0 bridgehead atoms. The number of ether oxygens (including phenoxy) is 4. The summed E-state index contributed by atoms with van der Waals surface area (Å²) in [7, 11) is -9.94. The first-order chi connectivity index (χ1) is 55.0. The molecule has 0 saturated carbocycles. The van der Waals surface area contributed by atoms with Crippen LogP contribution in [0.5, 0.6) is 0 Å². The number of unbranched alkanes of at least 4 members (excludes halogenated alkanes) is 66. The van der Waals surface area contributed by atoms with Crippen molar-refractivity contribution >= 4 is 39.5 Å². The van der Waals surface area contributed by atoms with E-state index in [9.17, 15) is 43.2 Å². The van der Waals surface area contributed by atoms with Crippen molar-refractivity contribution in [2.24, 2.45) is 5.92 Å². The van der Waals surface area contributed by atoms with Crippen molar-refractivity contribution in [3.8, 4) is 0 Å². The van der Waals surface area contributed by atoms with Gasteiger partial charge in [0.1, 0.15) is 19.3 Å². The predicted molar refractivity (Wildman–Crippen MR) is 469 cm³/mol. The monoisotopic (exact) mass is 1650 g/mol. The van der Waals surface area contributed by atoms with Crippen LogP contribution in [-0.2, 0) is 65.4 Å². The minimum absolute atomic E-state index is 0.110. The molecule has 113 heavy (non-hydrogen) atoms. The van der Waals surface area contributed by atoms with Gasteiger partial charge in [-0.3, -0.25) is 37.3 Å². The summed E-state index contributed by atoms with van der Waals surface area (Å²) in [4.78, 5) is 73.5. The molecule has 0 fully saturated rings. The Hall–Kier alpha value is -1.94. The second-order valence-electron chi connectivity index (χ2n) is 34.2. The van der Waals surface area contributed by atoms with Crippen molar-refractivity contribution in [3.63, 3.8) is 0 Å². The quantitative estimate of drug-likeness (QED) is 0.0222. The average molecular weight is 1650 g/mol. The minimum Gasteiger partial charge on any atom is -0.462 e. The topological polar surface area (TPSA) is 237 Å². The average Bonchev–Trinajstić information content (AvgIpc) is 0.900. The molecule has 0 aliphatic carbocycles. The Labute approximate surface area is 696 Å². The molecule has 0 aromatic carbocycles. The van der Waals surface area contributed by atoms with Crippen molar-refractivity contribution in [2.45, 2.75) is 534 Å². The highest BCUT2D eigenvalue weighted by atomic mass is 31.2. The molecule has 17 nitrogen and oxygen atoms in total. The maximum absolute atomic E-state index is 13.2. The second kappa shape index (κ2) is 86.4. The minimum atomic E-state index is -4.97. The molecule has 0 spiro atoms. The lowest BCUT2D eigenvalue weighted by Gasteiger charge is -2.21. The SMILES string of the molecule is CCCCCCCCCCCCCCCCCCCCCCCC(=O)OC[C@H](COP(=O)(O)OC[C@@H](O)COP(=O)(O)OC[C@@H](COC(=O)CCCCCCCCCCCCCC)OC(=O)CCCCCCCCCCCCCCCCCCCCC)OC(=O)CCCCCCCCCCCCCCCCCCCCC(C)C.